The smallest absolute Gasteiger partial charge is 0.0511 e. The Morgan fingerprint density at radius 1 is 0.947 bits per heavy atom. The number of hydrogen-bond donors (Lipinski definition) is 1. The van der Waals surface area contributed by atoms with Crippen molar-refractivity contribution in [2.45, 2.75) is 19.4 Å². The molecule has 1 atom stereocenters. The number of benzene rings is 2. The van der Waals surface area contributed by atoms with Gasteiger partial charge in [-0.1, -0.05) is 50.9 Å². The largest absolute Gasteiger partial charge is 0.377 e. The van der Waals surface area contributed by atoms with E-state index < -0.39 is 0 Å². The Bertz CT molecular complexity index is 552. The lowest BCUT2D eigenvalue weighted by atomic mass is 10.0. The lowest BCUT2D eigenvalue weighted by Crippen LogP contribution is -2.10. The van der Waals surface area contributed by atoms with Gasteiger partial charge < -0.3 is 5.32 Å². The molecule has 19 heavy (non-hydrogen) atoms. The monoisotopic (exact) mass is 445 g/mol. The zero-order chi connectivity index (χ0) is 13.8. The van der Waals surface area contributed by atoms with Crippen LogP contribution in [-0.4, -0.2) is 0 Å². The predicted octanol–water partition coefficient (Wildman–Crippen LogP) is 6.54. The van der Waals surface area contributed by atoms with Crippen LogP contribution in [0.4, 0.5) is 5.69 Å². The fourth-order valence-electron chi connectivity index (χ4n) is 1.91. The van der Waals surface area contributed by atoms with Crippen LogP contribution in [0.1, 0.15) is 24.9 Å². The highest BCUT2D eigenvalue weighted by atomic mass is 79.9. The number of anilines is 1. The Hall–Kier alpha value is -0.320. The van der Waals surface area contributed by atoms with E-state index in [0.717, 1.165) is 25.5 Å². The summed E-state index contributed by atoms with van der Waals surface area (Å²) in [6.07, 6.45) is 1.03. The van der Waals surface area contributed by atoms with E-state index in [1.54, 1.807) is 0 Å². The van der Waals surface area contributed by atoms with Gasteiger partial charge in [0.1, 0.15) is 0 Å². The zero-order valence-electron chi connectivity index (χ0n) is 10.5. The lowest BCUT2D eigenvalue weighted by molar-refractivity contribution is 0.748. The molecule has 0 aliphatic carbocycles. The quantitative estimate of drug-likeness (QED) is 0.561. The number of nitrogens with one attached hydrogen (secondary N) is 1. The van der Waals surface area contributed by atoms with Crippen molar-refractivity contribution in [1.29, 1.82) is 0 Å². The van der Waals surface area contributed by atoms with Crippen LogP contribution in [0.3, 0.4) is 0 Å². The van der Waals surface area contributed by atoms with Crippen molar-refractivity contribution >= 4 is 53.5 Å². The molecule has 4 heteroatoms. The molecule has 1 unspecified atom stereocenters. The standard InChI is InChI=1S/C15H14Br3N/c1-2-14(10-3-5-11(16)6-4-10)19-15-9-12(17)7-8-13(15)18/h3-9,14,19H,2H2,1H3. The fraction of sp³-hybridized carbons (Fsp3) is 0.200. The fourth-order valence-corrected chi connectivity index (χ4v) is 2.90. The lowest BCUT2D eigenvalue weighted by Gasteiger charge is -2.20. The second-order valence-electron chi connectivity index (χ2n) is 4.28. The van der Waals surface area contributed by atoms with E-state index in [9.17, 15) is 0 Å². The normalized spacial score (nSPS) is 12.2. The molecule has 2 aromatic carbocycles. The molecule has 0 amide bonds. The third-order valence-corrected chi connectivity index (χ3v) is 4.65. The summed E-state index contributed by atoms with van der Waals surface area (Å²) in [5.41, 5.74) is 2.39. The van der Waals surface area contributed by atoms with Crippen LogP contribution in [0.5, 0.6) is 0 Å². The molecule has 0 heterocycles. The highest BCUT2D eigenvalue weighted by molar-refractivity contribution is 9.11. The number of halogens is 3. The van der Waals surface area contributed by atoms with Crippen LogP contribution < -0.4 is 5.32 Å². The van der Waals surface area contributed by atoms with E-state index in [-0.39, 0.29) is 0 Å². The molecule has 100 valence electrons. The van der Waals surface area contributed by atoms with Gasteiger partial charge in [0.2, 0.25) is 0 Å². The van der Waals surface area contributed by atoms with Crippen molar-refractivity contribution in [3.8, 4) is 0 Å². The summed E-state index contributed by atoms with van der Waals surface area (Å²) < 4.78 is 3.25. The maximum Gasteiger partial charge on any atom is 0.0511 e. The average Bonchev–Trinajstić information content (AvgIpc) is 2.41. The summed E-state index contributed by atoms with van der Waals surface area (Å²) in [6.45, 7) is 2.19. The Labute approximate surface area is 139 Å². The molecule has 0 spiro atoms. The van der Waals surface area contributed by atoms with Crippen LogP contribution in [0.2, 0.25) is 0 Å². The van der Waals surface area contributed by atoms with Crippen molar-refractivity contribution in [3.05, 3.63) is 61.4 Å². The Morgan fingerprint density at radius 3 is 2.21 bits per heavy atom. The second kappa shape index (κ2) is 6.91. The van der Waals surface area contributed by atoms with Crippen LogP contribution in [0.25, 0.3) is 0 Å². The van der Waals surface area contributed by atoms with Gasteiger partial charge in [-0.05, 0) is 58.2 Å². The Kier molecular flexibility index (Phi) is 5.48. The molecule has 0 aliphatic heterocycles. The maximum absolute atomic E-state index is 3.58. The summed E-state index contributed by atoms with van der Waals surface area (Å²) in [7, 11) is 0. The Morgan fingerprint density at radius 2 is 1.58 bits per heavy atom. The van der Waals surface area contributed by atoms with Gasteiger partial charge >= 0.3 is 0 Å². The first-order chi connectivity index (χ1) is 9.10. The molecular weight excluding hydrogens is 434 g/mol. The minimum Gasteiger partial charge on any atom is -0.377 e. The SMILES string of the molecule is CCC(Nc1cc(Br)ccc1Br)c1ccc(Br)cc1. The van der Waals surface area contributed by atoms with Crippen LogP contribution in [-0.2, 0) is 0 Å². The summed E-state index contributed by atoms with van der Waals surface area (Å²) in [5, 5.41) is 3.58. The highest BCUT2D eigenvalue weighted by Gasteiger charge is 2.11. The van der Waals surface area contributed by atoms with E-state index in [4.69, 9.17) is 0 Å². The third-order valence-electron chi connectivity index (χ3n) is 2.94. The van der Waals surface area contributed by atoms with Crippen molar-refractivity contribution < 1.29 is 0 Å². The third kappa shape index (κ3) is 4.07. The second-order valence-corrected chi connectivity index (χ2v) is 6.97. The van der Waals surface area contributed by atoms with E-state index in [1.807, 2.05) is 12.1 Å². The van der Waals surface area contributed by atoms with Gasteiger partial charge in [0.05, 0.1) is 11.7 Å². The van der Waals surface area contributed by atoms with Gasteiger partial charge in [0, 0.05) is 13.4 Å². The van der Waals surface area contributed by atoms with Gasteiger partial charge in [-0.15, -0.1) is 0 Å². The predicted molar refractivity (Wildman–Crippen MR) is 92.6 cm³/mol. The number of rotatable bonds is 4. The van der Waals surface area contributed by atoms with Crippen molar-refractivity contribution in [1.82, 2.24) is 0 Å². The average molecular weight is 448 g/mol. The molecule has 0 aromatic heterocycles. The molecule has 2 rings (SSSR count). The molecule has 0 saturated heterocycles. The first-order valence-electron chi connectivity index (χ1n) is 6.07. The van der Waals surface area contributed by atoms with E-state index in [1.165, 1.54) is 5.56 Å². The van der Waals surface area contributed by atoms with Crippen molar-refractivity contribution in [2.75, 3.05) is 5.32 Å². The zero-order valence-corrected chi connectivity index (χ0v) is 15.2. The topological polar surface area (TPSA) is 12.0 Å². The van der Waals surface area contributed by atoms with Crippen LogP contribution in [0.15, 0.2) is 55.9 Å². The van der Waals surface area contributed by atoms with Crippen molar-refractivity contribution in [3.63, 3.8) is 0 Å². The molecule has 0 saturated carbocycles. The number of hydrogen-bond acceptors (Lipinski definition) is 1. The highest BCUT2D eigenvalue weighted by Crippen LogP contribution is 2.31. The molecular formula is C15H14Br3N. The van der Waals surface area contributed by atoms with Gasteiger partial charge in [0.15, 0.2) is 0 Å². The molecule has 0 fully saturated rings. The maximum atomic E-state index is 3.58. The van der Waals surface area contributed by atoms with Crippen LogP contribution >= 0.6 is 47.8 Å². The first kappa shape index (κ1) is 15.1. The van der Waals surface area contributed by atoms with Crippen LogP contribution in [0, 0.1) is 0 Å². The molecule has 0 aliphatic rings. The summed E-state index contributed by atoms with van der Waals surface area (Å²) in [6, 6.07) is 14.9. The summed E-state index contributed by atoms with van der Waals surface area (Å²) in [4.78, 5) is 0. The van der Waals surface area contributed by atoms with Gasteiger partial charge in [-0.25, -0.2) is 0 Å². The van der Waals surface area contributed by atoms with Gasteiger partial charge in [-0.2, -0.15) is 0 Å². The minimum absolute atomic E-state index is 0.304. The molecule has 1 N–H and O–H groups in total. The first-order valence-corrected chi connectivity index (χ1v) is 8.45. The van der Waals surface area contributed by atoms with E-state index in [0.29, 0.717) is 6.04 Å². The summed E-state index contributed by atoms with van der Waals surface area (Å²) in [5.74, 6) is 0. The van der Waals surface area contributed by atoms with Gasteiger partial charge in [0.25, 0.3) is 0 Å². The minimum atomic E-state index is 0.304. The van der Waals surface area contributed by atoms with E-state index in [2.05, 4.69) is 90.4 Å². The van der Waals surface area contributed by atoms with E-state index >= 15 is 0 Å². The summed E-state index contributed by atoms with van der Waals surface area (Å²) >= 11 is 10.6. The Balaban J connectivity index is 2.23. The molecule has 0 radical (unpaired) electrons. The molecule has 1 nitrogen and oxygen atoms in total. The van der Waals surface area contributed by atoms with Crippen molar-refractivity contribution in [2.24, 2.45) is 0 Å². The van der Waals surface area contributed by atoms with Gasteiger partial charge in [-0.3, -0.25) is 0 Å². The molecule has 2 aromatic rings. The molecule has 0 bridgehead atoms.